The average molecular weight is 229 g/mol. The molecular formula is C17H11N. The summed E-state index contributed by atoms with van der Waals surface area (Å²) in [6.45, 7) is 0. The molecule has 0 atom stereocenters. The molecule has 1 heteroatoms. The summed E-state index contributed by atoms with van der Waals surface area (Å²) in [4.78, 5) is 4.18. The standard InChI is InChI=1S/C17H11N/c1-2-6-16-13-14(8-10-15(16)5-1)9-11-17-7-3-4-12-18-17/h1-8,10,12-13H. The summed E-state index contributed by atoms with van der Waals surface area (Å²) in [7, 11) is 0. The van der Waals surface area contributed by atoms with Crippen molar-refractivity contribution in [3.63, 3.8) is 0 Å². The monoisotopic (exact) mass is 229 g/mol. The van der Waals surface area contributed by atoms with Gasteiger partial charge in [-0.05, 0) is 41.0 Å². The van der Waals surface area contributed by atoms with Crippen molar-refractivity contribution in [3.8, 4) is 11.8 Å². The average Bonchev–Trinajstić information content (AvgIpc) is 2.46. The first-order valence-electron chi connectivity index (χ1n) is 5.84. The van der Waals surface area contributed by atoms with Crippen LogP contribution in [0.25, 0.3) is 10.8 Å². The molecule has 0 aliphatic carbocycles. The van der Waals surface area contributed by atoms with Gasteiger partial charge in [-0.3, -0.25) is 0 Å². The maximum absolute atomic E-state index is 4.18. The molecule has 0 saturated carbocycles. The van der Waals surface area contributed by atoms with E-state index in [1.165, 1.54) is 10.8 Å². The summed E-state index contributed by atoms with van der Waals surface area (Å²) in [6, 6.07) is 20.3. The van der Waals surface area contributed by atoms with Crippen LogP contribution < -0.4 is 0 Å². The van der Waals surface area contributed by atoms with E-state index in [4.69, 9.17) is 0 Å². The molecule has 0 amide bonds. The Morgan fingerprint density at radius 3 is 2.39 bits per heavy atom. The highest BCUT2D eigenvalue weighted by Gasteiger charge is 1.92. The molecule has 84 valence electrons. The fraction of sp³-hybridized carbons (Fsp3) is 0. The number of aromatic nitrogens is 1. The summed E-state index contributed by atoms with van der Waals surface area (Å²) >= 11 is 0. The third kappa shape index (κ3) is 2.23. The molecule has 0 saturated heterocycles. The molecule has 0 aliphatic heterocycles. The van der Waals surface area contributed by atoms with Gasteiger partial charge in [0.05, 0.1) is 0 Å². The molecule has 0 bridgehead atoms. The Morgan fingerprint density at radius 2 is 1.56 bits per heavy atom. The Labute approximate surface area is 106 Å². The van der Waals surface area contributed by atoms with Crippen LogP contribution in [0.5, 0.6) is 0 Å². The van der Waals surface area contributed by atoms with Crippen LogP contribution in [0.4, 0.5) is 0 Å². The van der Waals surface area contributed by atoms with Crippen molar-refractivity contribution in [2.24, 2.45) is 0 Å². The molecule has 0 N–H and O–H groups in total. The van der Waals surface area contributed by atoms with Gasteiger partial charge in [0, 0.05) is 11.8 Å². The van der Waals surface area contributed by atoms with Crippen molar-refractivity contribution in [3.05, 3.63) is 78.1 Å². The fourth-order valence-electron chi connectivity index (χ4n) is 1.84. The second kappa shape index (κ2) is 4.73. The highest BCUT2D eigenvalue weighted by atomic mass is 14.6. The number of hydrogen-bond acceptors (Lipinski definition) is 1. The highest BCUT2D eigenvalue weighted by molar-refractivity contribution is 5.83. The van der Waals surface area contributed by atoms with E-state index in [1.54, 1.807) is 6.20 Å². The fourth-order valence-corrected chi connectivity index (χ4v) is 1.84. The normalized spacial score (nSPS) is 9.78. The molecule has 2 aromatic carbocycles. The zero-order valence-corrected chi connectivity index (χ0v) is 9.80. The lowest BCUT2D eigenvalue weighted by Gasteiger charge is -1.97. The number of rotatable bonds is 0. The van der Waals surface area contributed by atoms with Crippen LogP contribution in [0, 0.1) is 11.8 Å². The number of nitrogens with zero attached hydrogens (tertiary/aromatic N) is 1. The van der Waals surface area contributed by atoms with Gasteiger partial charge in [-0.2, -0.15) is 0 Å². The summed E-state index contributed by atoms with van der Waals surface area (Å²) in [5, 5.41) is 2.45. The molecule has 3 rings (SSSR count). The minimum absolute atomic E-state index is 0.797. The minimum Gasteiger partial charge on any atom is -0.248 e. The molecule has 0 spiro atoms. The Kier molecular flexibility index (Phi) is 2.77. The number of fused-ring (bicyclic) bond motifs is 1. The van der Waals surface area contributed by atoms with Gasteiger partial charge in [0.15, 0.2) is 0 Å². The van der Waals surface area contributed by atoms with Crippen molar-refractivity contribution in [2.45, 2.75) is 0 Å². The Bertz CT molecular complexity index is 733. The van der Waals surface area contributed by atoms with E-state index >= 15 is 0 Å². The molecule has 1 heterocycles. The van der Waals surface area contributed by atoms with E-state index in [0.717, 1.165) is 11.3 Å². The van der Waals surface area contributed by atoms with Gasteiger partial charge in [-0.25, -0.2) is 4.98 Å². The third-order valence-electron chi connectivity index (χ3n) is 2.75. The Balaban J connectivity index is 1.99. The smallest absolute Gasteiger partial charge is 0.113 e. The lowest BCUT2D eigenvalue weighted by Crippen LogP contribution is -1.80. The quantitative estimate of drug-likeness (QED) is 0.536. The van der Waals surface area contributed by atoms with Crippen molar-refractivity contribution >= 4 is 10.8 Å². The molecule has 0 unspecified atom stereocenters. The van der Waals surface area contributed by atoms with Crippen LogP contribution in [0.2, 0.25) is 0 Å². The van der Waals surface area contributed by atoms with Crippen LogP contribution in [-0.4, -0.2) is 4.98 Å². The molecule has 18 heavy (non-hydrogen) atoms. The third-order valence-corrected chi connectivity index (χ3v) is 2.75. The van der Waals surface area contributed by atoms with Gasteiger partial charge < -0.3 is 0 Å². The van der Waals surface area contributed by atoms with Gasteiger partial charge in [0.25, 0.3) is 0 Å². The molecule has 0 aliphatic rings. The Morgan fingerprint density at radius 1 is 0.722 bits per heavy atom. The molecule has 1 nitrogen and oxygen atoms in total. The van der Waals surface area contributed by atoms with E-state index in [-0.39, 0.29) is 0 Å². The predicted molar refractivity (Wildman–Crippen MR) is 74.2 cm³/mol. The SMILES string of the molecule is C(#Cc1ccccn1)c1ccc2ccccc2c1. The van der Waals surface area contributed by atoms with Gasteiger partial charge in [-0.1, -0.05) is 42.3 Å². The van der Waals surface area contributed by atoms with E-state index in [2.05, 4.69) is 41.1 Å². The number of benzene rings is 2. The maximum atomic E-state index is 4.18. The second-order valence-corrected chi connectivity index (χ2v) is 4.03. The van der Waals surface area contributed by atoms with Crippen molar-refractivity contribution < 1.29 is 0 Å². The summed E-state index contributed by atoms with van der Waals surface area (Å²) in [5.41, 5.74) is 1.81. The predicted octanol–water partition coefficient (Wildman–Crippen LogP) is 3.63. The maximum Gasteiger partial charge on any atom is 0.113 e. The highest BCUT2D eigenvalue weighted by Crippen LogP contribution is 2.14. The summed E-state index contributed by atoms with van der Waals surface area (Å²) in [5.74, 6) is 6.21. The van der Waals surface area contributed by atoms with Crippen LogP contribution in [0.1, 0.15) is 11.3 Å². The first-order chi connectivity index (χ1) is 8.92. The first-order valence-corrected chi connectivity index (χ1v) is 5.84. The van der Waals surface area contributed by atoms with Gasteiger partial charge in [0.2, 0.25) is 0 Å². The van der Waals surface area contributed by atoms with Crippen LogP contribution in [0.3, 0.4) is 0 Å². The molecule has 3 aromatic rings. The summed E-state index contributed by atoms with van der Waals surface area (Å²) < 4.78 is 0. The lowest BCUT2D eigenvalue weighted by molar-refractivity contribution is 1.29. The molecule has 0 radical (unpaired) electrons. The van der Waals surface area contributed by atoms with Gasteiger partial charge in [0.1, 0.15) is 5.69 Å². The first kappa shape index (κ1) is 10.6. The van der Waals surface area contributed by atoms with Crippen LogP contribution in [-0.2, 0) is 0 Å². The van der Waals surface area contributed by atoms with Crippen molar-refractivity contribution in [1.82, 2.24) is 4.98 Å². The van der Waals surface area contributed by atoms with E-state index < -0.39 is 0 Å². The van der Waals surface area contributed by atoms with Crippen molar-refractivity contribution in [2.75, 3.05) is 0 Å². The minimum atomic E-state index is 0.797. The molecule has 0 fully saturated rings. The lowest BCUT2D eigenvalue weighted by atomic mass is 10.1. The van der Waals surface area contributed by atoms with E-state index in [0.29, 0.717) is 0 Å². The second-order valence-electron chi connectivity index (χ2n) is 4.03. The van der Waals surface area contributed by atoms with E-state index in [1.807, 2.05) is 36.4 Å². The van der Waals surface area contributed by atoms with Gasteiger partial charge >= 0.3 is 0 Å². The number of pyridine rings is 1. The van der Waals surface area contributed by atoms with E-state index in [9.17, 15) is 0 Å². The summed E-state index contributed by atoms with van der Waals surface area (Å²) in [6.07, 6.45) is 1.75. The zero-order chi connectivity index (χ0) is 12.2. The largest absolute Gasteiger partial charge is 0.248 e. The molecule has 1 aromatic heterocycles. The Hall–Kier alpha value is -2.59. The topological polar surface area (TPSA) is 12.9 Å². The molecular weight excluding hydrogens is 218 g/mol. The van der Waals surface area contributed by atoms with Crippen LogP contribution >= 0.6 is 0 Å². The number of hydrogen-bond donors (Lipinski definition) is 0. The van der Waals surface area contributed by atoms with Gasteiger partial charge in [-0.15, -0.1) is 0 Å². The van der Waals surface area contributed by atoms with Crippen molar-refractivity contribution in [1.29, 1.82) is 0 Å². The zero-order valence-electron chi connectivity index (χ0n) is 9.80. The van der Waals surface area contributed by atoms with Crippen LogP contribution in [0.15, 0.2) is 66.9 Å².